The Bertz CT molecular complexity index is 530. The zero-order valence-electron chi connectivity index (χ0n) is 11.9. The summed E-state index contributed by atoms with van der Waals surface area (Å²) < 4.78 is 0. The third-order valence-corrected chi connectivity index (χ3v) is 4.14. The van der Waals surface area contributed by atoms with Crippen LogP contribution in [-0.2, 0) is 0 Å². The molecule has 108 valence electrons. The molecule has 20 heavy (non-hydrogen) atoms. The average molecular weight is 309 g/mol. The minimum absolute atomic E-state index is 0.138. The van der Waals surface area contributed by atoms with E-state index in [0.717, 1.165) is 34.8 Å². The second-order valence-electron chi connectivity index (χ2n) is 4.29. The van der Waals surface area contributed by atoms with Crippen molar-refractivity contribution in [1.82, 2.24) is 15.0 Å². The number of nitrogens with zero attached hydrogens (tertiary/aromatic N) is 3. The molecule has 2 N–H and O–H groups in total. The van der Waals surface area contributed by atoms with E-state index in [0.29, 0.717) is 0 Å². The molecular formula is C13H19N5S2. The van der Waals surface area contributed by atoms with Gasteiger partial charge in [-0.1, -0.05) is 18.7 Å². The molecule has 5 nitrogen and oxygen atoms in total. The molecule has 0 amide bonds. The minimum atomic E-state index is 0.138. The van der Waals surface area contributed by atoms with E-state index in [4.69, 9.17) is 0 Å². The summed E-state index contributed by atoms with van der Waals surface area (Å²) in [6, 6.07) is 2.08. The van der Waals surface area contributed by atoms with Crippen molar-refractivity contribution in [2.75, 3.05) is 23.4 Å². The molecule has 2 aromatic heterocycles. The fourth-order valence-corrected chi connectivity index (χ4v) is 2.69. The zero-order valence-corrected chi connectivity index (χ0v) is 13.5. The summed E-state index contributed by atoms with van der Waals surface area (Å²) in [5, 5.41) is 10.5. The SMILES string of the molecule is CCCNc1cc(NC(C)c2nccs2)nc(SC)n1. The molecule has 2 heterocycles. The lowest BCUT2D eigenvalue weighted by molar-refractivity contribution is 0.843. The van der Waals surface area contributed by atoms with Gasteiger partial charge >= 0.3 is 0 Å². The topological polar surface area (TPSA) is 62.7 Å². The monoisotopic (exact) mass is 309 g/mol. The van der Waals surface area contributed by atoms with Gasteiger partial charge in [0.15, 0.2) is 5.16 Å². The first-order valence-electron chi connectivity index (χ1n) is 6.55. The Morgan fingerprint density at radius 2 is 2.15 bits per heavy atom. The highest BCUT2D eigenvalue weighted by Gasteiger charge is 2.10. The van der Waals surface area contributed by atoms with E-state index in [1.807, 2.05) is 23.9 Å². The van der Waals surface area contributed by atoms with E-state index >= 15 is 0 Å². The molecule has 0 bridgehead atoms. The average Bonchev–Trinajstić information content (AvgIpc) is 2.99. The maximum Gasteiger partial charge on any atom is 0.191 e. The van der Waals surface area contributed by atoms with Crippen molar-refractivity contribution in [3.05, 3.63) is 22.7 Å². The van der Waals surface area contributed by atoms with Gasteiger partial charge < -0.3 is 10.6 Å². The Morgan fingerprint density at radius 3 is 2.80 bits per heavy atom. The Morgan fingerprint density at radius 1 is 1.35 bits per heavy atom. The normalized spacial score (nSPS) is 12.2. The van der Waals surface area contributed by atoms with Crippen molar-refractivity contribution < 1.29 is 0 Å². The van der Waals surface area contributed by atoms with E-state index in [2.05, 4.69) is 39.4 Å². The number of thioether (sulfide) groups is 1. The lowest BCUT2D eigenvalue weighted by Crippen LogP contribution is -2.10. The van der Waals surface area contributed by atoms with Crippen LogP contribution in [0.5, 0.6) is 0 Å². The standard InChI is InChI=1S/C13H19N5S2/c1-4-5-14-10-8-11(18-13(17-10)19-3)16-9(2)12-15-6-7-20-12/h6-9H,4-5H2,1-3H3,(H2,14,16,17,18). The first-order valence-corrected chi connectivity index (χ1v) is 8.66. The number of hydrogen-bond donors (Lipinski definition) is 2. The van der Waals surface area contributed by atoms with Crippen LogP contribution in [0.4, 0.5) is 11.6 Å². The maximum absolute atomic E-state index is 4.49. The molecule has 1 atom stereocenters. The maximum atomic E-state index is 4.49. The van der Waals surface area contributed by atoms with E-state index in [9.17, 15) is 0 Å². The van der Waals surface area contributed by atoms with Gasteiger partial charge in [-0.25, -0.2) is 15.0 Å². The molecular weight excluding hydrogens is 290 g/mol. The molecule has 0 aromatic carbocycles. The van der Waals surface area contributed by atoms with Crippen LogP contribution in [-0.4, -0.2) is 27.8 Å². The predicted octanol–water partition coefficient (Wildman–Crippen LogP) is 3.65. The molecule has 0 aliphatic rings. The highest BCUT2D eigenvalue weighted by Crippen LogP contribution is 2.23. The van der Waals surface area contributed by atoms with E-state index in [1.54, 1.807) is 11.3 Å². The first-order chi connectivity index (χ1) is 9.72. The summed E-state index contributed by atoms with van der Waals surface area (Å²) in [5.41, 5.74) is 0. The summed E-state index contributed by atoms with van der Waals surface area (Å²) in [6.07, 6.45) is 4.86. The van der Waals surface area contributed by atoms with Crippen LogP contribution >= 0.6 is 23.1 Å². The van der Waals surface area contributed by atoms with Crippen molar-refractivity contribution in [3.63, 3.8) is 0 Å². The van der Waals surface area contributed by atoms with Crippen LogP contribution in [0.1, 0.15) is 31.3 Å². The number of anilines is 2. The number of thiazole rings is 1. The summed E-state index contributed by atoms with van der Waals surface area (Å²) in [6.45, 7) is 5.12. The Hall–Kier alpha value is -1.34. The Balaban J connectivity index is 2.13. The van der Waals surface area contributed by atoms with Crippen molar-refractivity contribution >= 4 is 34.7 Å². The highest BCUT2D eigenvalue weighted by atomic mass is 32.2. The van der Waals surface area contributed by atoms with Gasteiger partial charge in [-0.3, -0.25) is 0 Å². The number of nitrogens with one attached hydrogen (secondary N) is 2. The fraction of sp³-hybridized carbons (Fsp3) is 0.462. The van der Waals surface area contributed by atoms with Gasteiger partial charge in [-0.05, 0) is 19.6 Å². The minimum Gasteiger partial charge on any atom is -0.370 e. The van der Waals surface area contributed by atoms with Gasteiger partial charge in [0, 0.05) is 24.2 Å². The molecule has 2 rings (SSSR count). The molecule has 0 fully saturated rings. The number of aromatic nitrogens is 3. The van der Waals surface area contributed by atoms with E-state index in [1.165, 1.54) is 11.8 Å². The van der Waals surface area contributed by atoms with Gasteiger partial charge in [-0.2, -0.15) is 0 Å². The van der Waals surface area contributed by atoms with E-state index < -0.39 is 0 Å². The second kappa shape index (κ2) is 7.44. The lowest BCUT2D eigenvalue weighted by Gasteiger charge is -2.14. The lowest BCUT2D eigenvalue weighted by atomic mass is 10.3. The summed E-state index contributed by atoms with van der Waals surface area (Å²) in [7, 11) is 0. The smallest absolute Gasteiger partial charge is 0.191 e. The van der Waals surface area contributed by atoms with Crippen LogP contribution < -0.4 is 10.6 Å². The Kier molecular flexibility index (Phi) is 5.60. The van der Waals surface area contributed by atoms with Gasteiger partial charge in [0.05, 0.1) is 6.04 Å². The summed E-state index contributed by atoms with van der Waals surface area (Å²) >= 11 is 3.18. The zero-order chi connectivity index (χ0) is 14.4. The van der Waals surface area contributed by atoms with Crippen molar-refractivity contribution in [2.45, 2.75) is 31.5 Å². The van der Waals surface area contributed by atoms with Crippen LogP contribution in [0.2, 0.25) is 0 Å². The molecule has 0 aliphatic heterocycles. The quantitative estimate of drug-likeness (QED) is 0.601. The van der Waals surface area contributed by atoms with Crippen LogP contribution in [0, 0.1) is 0 Å². The fourth-order valence-electron chi connectivity index (χ4n) is 1.67. The van der Waals surface area contributed by atoms with Crippen LogP contribution in [0.25, 0.3) is 0 Å². The van der Waals surface area contributed by atoms with Gasteiger partial charge in [-0.15, -0.1) is 11.3 Å². The van der Waals surface area contributed by atoms with E-state index in [-0.39, 0.29) is 6.04 Å². The second-order valence-corrected chi connectivity index (χ2v) is 5.99. The van der Waals surface area contributed by atoms with Gasteiger partial charge in [0.25, 0.3) is 0 Å². The number of hydrogen-bond acceptors (Lipinski definition) is 7. The molecule has 0 radical (unpaired) electrons. The molecule has 7 heteroatoms. The summed E-state index contributed by atoms with van der Waals surface area (Å²) in [5.74, 6) is 1.69. The molecule has 0 spiro atoms. The third-order valence-electron chi connectivity index (χ3n) is 2.63. The van der Waals surface area contributed by atoms with Crippen LogP contribution in [0.3, 0.4) is 0 Å². The van der Waals surface area contributed by atoms with Gasteiger partial charge in [0.1, 0.15) is 16.6 Å². The first kappa shape index (κ1) is 15.1. The van der Waals surface area contributed by atoms with Crippen molar-refractivity contribution in [1.29, 1.82) is 0 Å². The molecule has 1 unspecified atom stereocenters. The predicted molar refractivity (Wildman–Crippen MR) is 86.7 cm³/mol. The molecule has 0 saturated heterocycles. The molecule has 0 saturated carbocycles. The molecule has 2 aromatic rings. The van der Waals surface area contributed by atoms with Gasteiger partial charge in [0.2, 0.25) is 0 Å². The van der Waals surface area contributed by atoms with Crippen molar-refractivity contribution in [2.24, 2.45) is 0 Å². The number of rotatable bonds is 7. The molecule has 0 aliphatic carbocycles. The van der Waals surface area contributed by atoms with Crippen molar-refractivity contribution in [3.8, 4) is 0 Å². The van der Waals surface area contributed by atoms with Crippen LogP contribution in [0.15, 0.2) is 22.8 Å². The third kappa shape index (κ3) is 4.08. The summed E-state index contributed by atoms with van der Waals surface area (Å²) in [4.78, 5) is 13.3. The highest BCUT2D eigenvalue weighted by molar-refractivity contribution is 7.98. The Labute approximate surface area is 127 Å². The largest absolute Gasteiger partial charge is 0.370 e.